The van der Waals surface area contributed by atoms with E-state index in [4.69, 9.17) is 4.74 Å². The molecular formula is C10H12BrFO2. The number of hydrogen-bond acceptors (Lipinski definition) is 2. The molecule has 1 rings (SSSR count). The first kappa shape index (κ1) is 11.5. The number of halogens is 2. The Hall–Kier alpha value is -0.610. The number of hydrogen-bond donors (Lipinski definition) is 1. The molecule has 14 heavy (non-hydrogen) atoms. The van der Waals surface area contributed by atoms with Crippen LogP contribution in [0.5, 0.6) is 5.75 Å². The van der Waals surface area contributed by atoms with Crippen molar-refractivity contribution in [2.75, 3.05) is 7.11 Å². The minimum Gasteiger partial charge on any atom is -0.493 e. The molecule has 0 aliphatic heterocycles. The molecule has 0 heterocycles. The van der Waals surface area contributed by atoms with Crippen LogP contribution in [-0.2, 0) is 5.60 Å². The van der Waals surface area contributed by atoms with Gasteiger partial charge in [0, 0.05) is 5.56 Å². The Morgan fingerprint density at radius 2 is 2.00 bits per heavy atom. The van der Waals surface area contributed by atoms with Gasteiger partial charge < -0.3 is 9.84 Å². The predicted molar refractivity (Wildman–Crippen MR) is 55.9 cm³/mol. The largest absolute Gasteiger partial charge is 0.493 e. The second-order valence-corrected chi connectivity index (χ2v) is 4.36. The van der Waals surface area contributed by atoms with Crippen molar-refractivity contribution in [2.45, 2.75) is 19.4 Å². The highest BCUT2D eigenvalue weighted by molar-refractivity contribution is 9.10. The molecule has 0 spiro atoms. The van der Waals surface area contributed by atoms with Gasteiger partial charge in [-0.15, -0.1) is 0 Å². The maximum Gasteiger partial charge on any atom is 0.179 e. The quantitative estimate of drug-likeness (QED) is 0.889. The van der Waals surface area contributed by atoms with E-state index in [9.17, 15) is 9.50 Å². The van der Waals surface area contributed by atoms with Crippen LogP contribution in [-0.4, -0.2) is 12.2 Å². The minimum atomic E-state index is -1.12. The molecule has 0 radical (unpaired) electrons. The fraction of sp³-hybridized carbons (Fsp3) is 0.400. The van der Waals surface area contributed by atoms with Gasteiger partial charge in [-0.05, 0) is 35.8 Å². The van der Waals surface area contributed by atoms with Crippen molar-refractivity contribution in [2.24, 2.45) is 0 Å². The van der Waals surface area contributed by atoms with Gasteiger partial charge in [0.2, 0.25) is 0 Å². The molecule has 0 aromatic heterocycles. The van der Waals surface area contributed by atoms with Crippen molar-refractivity contribution in [1.82, 2.24) is 0 Å². The van der Waals surface area contributed by atoms with E-state index in [0.29, 0.717) is 10.0 Å². The van der Waals surface area contributed by atoms with Crippen molar-refractivity contribution in [3.8, 4) is 5.75 Å². The molecule has 0 atom stereocenters. The summed E-state index contributed by atoms with van der Waals surface area (Å²) < 4.78 is 18.7. The summed E-state index contributed by atoms with van der Waals surface area (Å²) in [5.74, 6) is -0.418. The Labute approximate surface area is 90.8 Å². The first-order chi connectivity index (χ1) is 6.38. The second kappa shape index (κ2) is 3.87. The van der Waals surface area contributed by atoms with E-state index in [1.165, 1.54) is 7.11 Å². The average Bonchev–Trinajstić information content (AvgIpc) is 2.07. The van der Waals surface area contributed by atoms with Crippen LogP contribution in [0, 0.1) is 5.82 Å². The lowest BCUT2D eigenvalue weighted by atomic mass is 9.97. The zero-order valence-electron chi connectivity index (χ0n) is 8.27. The summed E-state index contributed by atoms with van der Waals surface area (Å²) in [5.41, 5.74) is -0.687. The van der Waals surface area contributed by atoms with Gasteiger partial charge in [-0.3, -0.25) is 0 Å². The molecule has 0 saturated carbocycles. The molecule has 0 unspecified atom stereocenters. The Bertz CT molecular complexity index is 345. The number of aliphatic hydroxyl groups is 1. The third kappa shape index (κ3) is 2.07. The summed E-state index contributed by atoms with van der Waals surface area (Å²) in [6.07, 6.45) is 0. The van der Waals surface area contributed by atoms with Gasteiger partial charge >= 0.3 is 0 Å². The van der Waals surface area contributed by atoms with Gasteiger partial charge in [0.25, 0.3) is 0 Å². The molecule has 0 fully saturated rings. The van der Waals surface area contributed by atoms with E-state index < -0.39 is 11.4 Å². The zero-order valence-corrected chi connectivity index (χ0v) is 9.85. The van der Waals surface area contributed by atoms with Crippen LogP contribution in [0.3, 0.4) is 0 Å². The number of ether oxygens (including phenoxy) is 1. The van der Waals surface area contributed by atoms with Crippen LogP contribution in [0.2, 0.25) is 0 Å². The minimum absolute atomic E-state index is 0.0758. The van der Waals surface area contributed by atoms with E-state index in [1.54, 1.807) is 26.0 Å². The van der Waals surface area contributed by atoms with Crippen molar-refractivity contribution >= 4 is 15.9 Å². The third-order valence-electron chi connectivity index (χ3n) is 1.91. The Morgan fingerprint density at radius 3 is 2.43 bits per heavy atom. The second-order valence-electron chi connectivity index (χ2n) is 3.50. The maximum absolute atomic E-state index is 13.5. The summed E-state index contributed by atoms with van der Waals surface area (Å²) in [6, 6.07) is 3.18. The smallest absolute Gasteiger partial charge is 0.179 e. The third-order valence-corrected chi connectivity index (χ3v) is 2.53. The van der Waals surface area contributed by atoms with E-state index in [1.807, 2.05) is 0 Å². The van der Waals surface area contributed by atoms with Gasteiger partial charge in [-0.2, -0.15) is 0 Å². The molecule has 0 saturated heterocycles. The lowest BCUT2D eigenvalue weighted by Gasteiger charge is -2.21. The standard InChI is InChI=1S/C10H12BrFO2/c1-10(2,13)6-4-5-7(11)8(12)9(6)14-3/h4-5,13H,1-3H3. The first-order valence-electron chi connectivity index (χ1n) is 4.12. The van der Waals surface area contributed by atoms with Crippen LogP contribution < -0.4 is 4.74 Å². The molecule has 0 bridgehead atoms. The highest BCUT2D eigenvalue weighted by Gasteiger charge is 2.24. The van der Waals surface area contributed by atoms with Crippen molar-refractivity contribution < 1.29 is 14.2 Å². The summed E-state index contributed by atoms with van der Waals surface area (Å²) in [4.78, 5) is 0. The van der Waals surface area contributed by atoms with Gasteiger partial charge in [-0.25, -0.2) is 4.39 Å². The molecule has 1 aromatic rings. The van der Waals surface area contributed by atoms with E-state index in [0.717, 1.165) is 0 Å². The van der Waals surface area contributed by atoms with E-state index in [2.05, 4.69) is 15.9 Å². The first-order valence-corrected chi connectivity index (χ1v) is 4.92. The highest BCUT2D eigenvalue weighted by Crippen LogP contribution is 2.35. The molecule has 4 heteroatoms. The molecule has 2 nitrogen and oxygen atoms in total. The monoisotopic (exact) mass is 262 g/mol. The van der Waals surface area contributed by atoms with Crippen LogP contribution in [0.4, 0.5) is 4.39 Å². The van der Waals surface area contributed by atoms with Gasteiger partial charge in [0.15, 0.2) is 11.6 Å². The molecule has 1 N–H and O–H groups in total. The molecular weight excluding hydrogens is 251 g/mol. The normalized spacial score (nSPS) is 11.6. The lowest BCUT2D eigenvalue weighted by Crippen LogP contribution is -2.17. The van der Waals surface area contributed by atoms with Crippen LogP contribution in [0.15, 0.2) is 16.6 Å². The fourth-order valence-corrected chi connectivity index (χ4v) is 1.53. The lowest BCUT2D eigenvalue weighted by molar-refractivity contribution is 0.0749. The predicted octanol–water partition coefficient (Wildman–Crippen LogP) is 2.82. The number of methoxy groups -OCH3 is 1. The van der Waals surface area contributed by atoms with E-state index in [-0.39, 0.29) is 5.75 Å². The summed E-state index contributed by atoms with van der Waals surface area (Å²) in [6.45, 7) is 3.16. The van der Waals surface area contributed by atoms with Gasteiger partial charge in [0.1, 0.15) is 0 Å². The molecule has 0 aliphatic carbocycles. The summed E-state index contributed by atoms with van der Waals surface area (Å²) >= 11 is 3.05. The molecule has 78 valence electrons. The zero-order chi connectivity index (χ0) is 10.9. The van der Waals surface area contributed by atoms with Crippen molar-refractivity contribution in [1.29, 1.82) is 0 Å². The maximum atomic E-state index is 13.5. The highest BCUT2D eigenvalue weighted by atomic mass is 79.9. The van der Waals surface area contributed by atoms with Crippen LogP contribution in [0.1, 0.15) is 19.4 Å². The van der Waals surface area contributed by atoms with Crippen molar-refractivity contribution in [3.05, 3.63) is 28.0 Å². The topological polar surface area (TPSA) is 29.5 Å². The van der Waals surface area contributed by atoms with Crippen LogP contribution in [0.25, 0.3) is 0 Å². The summed E-state index contributed by atoms with van der Waals surface area (Å²) in [5, 5.41) is 9.75. The molecule has 1 aromatic carbocycles. The van der Waals surface area contributed by atoms with Crippen LogP contribution >= 0.6 is 15.9 Å². The SMILES string of the molecule is COc1c(C(C)(C)O)ccc(Br)c1F. The number of rotatable bonds is 2. The number of benzene rings is 1. The Morgan fingerprint density at radius 1 is 1.43 bits per heavy atom. The van der Waals surface area contributed by atoms with Gasteiger partial charge in [-0.1, -0.05) is 6.07 Å². The van der Waals surface area contributed by atoms with Gasteiger partial charge in [0.05, 0.1) is 17.2 Å². The molecule has 0 amide bonds. The van der Waals surface area contributed by atoms with E-state index >= 15 is 0 Å². The van der Waals surface area contributed by atoms with Crippen molar-refractivity contribution in [3.63, 3.8) is 0 Å². The summed E-state index contributed by atoms with van der Waals surface area (Å²) in [7, 11) is 1.38. The average molecular weight is 263 g/mol. The Kier molecular flexibility index (Phi) is 3.17. The Balaban J connectivity index is 3.39. The molecule has 0 aliphatic rings. The fourth-order valence-electron chi connectivity index (χ4n) is 1.21.